The molecule has 0 unspecified atom stereocenters. The molecular weight excluding hydrogens is 442 g/mol. The van der Waals surface area contributed by atoms with Gasteiger partial charge in [0.2, 0.25) is 5.91 Å². The van der Waals surface area contributed by atoms with Crippen LogP contribution in [0.5, 0.6) is 0 Å². The summed E-state index contributed by atoms with van der Waals surface area (Å²) in [6, 6.07) is 14.4. The normalized spacial score (nSPS) is 15.7. The van der Waals surface area contributed by atoms with Gasteiger partial charge in [-0.25, -0.2) is 9.97 Å². The second kappa shape index (κ2) is 9.38. The number of nitrogen functional groups attached to an aromatic ring is 1. The van der Waals surface area contributed by atoms with E-state index < -0.39 is 0 Å². The van der Waals surface area contributed by atoms with E-state index in [1.165, 1.54) is 6.08 Å². The molecule has 2 amide bonds. The van der Waals surface area contributed by atoms with Gasteiger partial charge in [-0.05, 0) is 49.2 Å². The molecule has 1 saturated heterocycles. The summed E-state index contributed by atoms with van der Waals surface area (Å²) in [5.41, 5.74) is 9.16. The fourth-order valence-electron chi connectivity index (χ4n) is 4.48. The van der Waals surface area contributed by atoms with Crippen molar-refractivity contribution in [3.63, 3.8) is 0 Å². The maximum atomic E-state index is 12.6. The van der Waals surface area contributed by atoms with E-state index in [9.17, 15) is 9.59 Å². The second-order valence-electron chi connectivity index (χ2n) is 8.41. The Kier molecular flexibility index (Phi) is 5.97. The molecule has 0 aliphatic carbocycles. The standard InChI is InChI=1S/C26H25N7O2/c1-2-22(34)32-15-5-6-19(16-32)33-20-12-14-29-25(27)23(20)24(31-33)17-8-10-18(11-9-17)26(35)30-21-7-3-4-13-28-21/h2-4,7-14,19H,1,5-6,15-16H2,(H2,27,29)(H,28,30,35)/t19-/m1/s1. The van der Waals surface area contributed by atoms with Crippen LogP contribution in [0.3, 0.4) is 0 Å². The van der Waals surface area contributed by atoms with Crippen LogP contribution in [0.25, 0.3) is 22.2 Å². The highest BCUT2D eigenvalue weighted by Gasteiger charge is 2.27. The minimum atomic E-state index is -0.249. The molecule has 4 aromatic rings. The van der Waals surface area contributed by atoms with Crippen molar-refractivity contribution in [1.82, 2.24) is 24.6 Å². The topological polar surface area (TPSA) is 119 Å². The highest BCUT2D eigenvalue weighted by atomic mass is 16.2. The fourth-order valence-corrected chi connectivity index (χ4v) is 4.48. The third-order valence-corrected chi connectivity index (χ3v) is 6.21. The van der Waals surface area contributed by atoms with Crippen LogP contribution in [-0.4, -0.2) is 49.6 Å². The number of amides is 2. The molecule has 3 N–H and O–H groups in total. The average molecular weight is 468 g/mol. The van der Waals surface area contributed by atoms with Crippen LogP contribution in [-0.2, 0) is 4.79 Å². The monoisotopic (exact) mass is 467 g/mol. The lowest BCUT2D eigenvalue weighted by Gasteiger charge is -2.32. The first kappa shape index (κ1) is 22.3. The number of piperidine rings is 1. The smallest absolute Gasteiger partial charge is 0.256 e. The summed E-state index contributed by atoms with van der Waals surface area (Å²) >= 11 is 0. The number of likely N-dealkylation sites (tertiary alicyclic amines) is 1. The Balaban J connectivity index is 1.47. The van der Waals surface area contributed by atoms with E-state index in [1.54, 1.807) is 41.6 Å². The number of pyridine rings is 2. The van der Waals surface area contributed by atoms with Crippen molar-refractivity contribution < 1.29 is 9.59 Å². The van der Waals surface area contributed by atoms with Crippen molar-refractivity contribution in [2.75, 3.05) is 24.1 Å². The van der Waals surface area contributed by atoms with Crippen LogP contribution in [0.15, 0.2) is 73.6 Å². The van der Waals surface area contributed by atoms with Crippen molar-refractivity contribution in [2.45, 2.75) is 18.9 Å². The van der Waals surface area contributed by atoms with Gasteiger partial charge in [0, 0.05) is 36.6 Å². The lowest BCUT2D eigenvalue weighted by atomic mass is 10.0. The maximum Gasteiger partial charge on any atom is 0.256 e. The van der Waals surface area contributed by atoms with Gasteiger partial charge in [0.15, 0.2) is 0 Å². The molecule has 1 aromatic carbocycles. The summed E-state index contributed by atoms with van der Waals surface area (Å²) in [7, 11) is 0. The van der Waals surface area contributed by atoms with Gasteiger partial charge in [0.05, 0.1) is 16.9 Å². The first-order valence-corrected chi connectivity index (χ1v) is 11.4. The third-order valence-electron chi connectivity index (χ3n) is 6.21. The number of carbonyl (C=O) groups excluding carboxylic acids is 2. The molecule has 9 heteroatoms. The quantitative estimate of drug-likeness (QED) is 0.432. The van der Waals surface area contributed by atoms with Gasteiger partial charge in [-0.1, -0.05) is 24.8 Å². The number of benzene rings is 1. The SMILES string of the molecule is C=CC(=O)N1CCC[C@@H](n2nc(-c3ccc(C(=O)Nc4ccccn4)cc3)c3c(N)nccc32)C1. The van der Waals surface area contributed by atoms with Crippen LogP contribution < -0.4 is 11.1 Å². The lowest BCUT2D eigenvalue weighted by Crippen LogP contribution is -2.40. The fraction of sp³-hybridized carbons (Fsp3) is 0.192. The highest BCUT2D eigenvalue weighted by molar-refractivity contribution is 6.05. The summed E-state index contributed by atoms with van der Waals surface area (Å²) in [5.74, 6) is 0.547. The van der Waals surface area contributed by atoms with Crippen LogP contribution in [0.1, 0.15) is 29.2 Å². The van der Waals surface area contributed by atoms with E-state index in [0.29, 0.717) is 36.0 Å². The predicted octanol–water partition coefficient (Wildman–Crippen LogP) is 3.68. The Bertz CT molecular complexity index is 1400. The van der Waals surface area contributed by atoms with Crippen LogP contribution >= 0.6 is 0 Å². The maximum absolute atomic E-state index is 12.6. The largest absolute Gasteiger partial charge is 0.383 e. The second-order valence-corrected chi connectivity index (χ2v) is 8.41. The number of hydrogen-bond acceptors (Lipinski definition) is 6. The van der Waals surface area contributed by atoms with Crippen molar-refractivity contribution in [1.29, 1.82) is 0 Å². The van der Waals surface area contributed by atoms with Crippen molar-refractivity contribution in [3.8, 4) is 11.3 Å². The number of nitrogens with one attached hydrogen (secondary N) is 1. The summed E-state index contributed by atoms with van der Waals surface area (Å²) < 4.78 is 1.95. The first-order valence-electron chi connectivity index (χ1n) is 11.4. The van der Waals surface area contributed by atoms with E-state index >= 15 is 0 Å². The Morgan fingerprint density at radius 2 is 1.91 bits per heavy atom. The number of nitrogens with zero attached hydrogens (tertiary/aromatic N) is 5. The van der Waals surface area contributed by atoms with Gasteiger partial charge in [0.25, 0.3) is 5.91 Å². The first-order chi connectivity index (χ1) is 17.0. The van der Waals surface area contributed by atoms with Gasteiger partial charge >= 0.3 is 0 Å². The highest BCUT2D eigenvalue weighted by Crippen LogP contribution is 2.34. The number of carbonyl (C=O) groups is 2. The number of rotatable bonds is 5. The zero-order chi connectivity index (χ0) is 24.4. The molecule has 4 heterocycles. The van der Waals surface area contributed by atoms with Gasteiger partial charge in [-0.15, -0.1) is 0 Å². The van der Waals surface area contributed by atoms with Crippen molar-refractivity contribution >= 4 is 34.4 Å². The molecule has 0 saturated carbocycles. The predicted molar refractivity (Wildman–Crippen MR) is 135 cm³/mol. The number of hydrogen-bond donors (Lipinski definition) is 2. The molecule has 1 aliphatic heterocycles. The molecule has 0 spiro atoms. The summed E-state index contributed by atoms with van der Waals surface area (Å²) in [6.07, 6.45) is 6.41. The molecular formula is C26H25N7O2. The molecule has 5 rings (SSSR count). The molecule has 1 aliphatic rings. The summed E-state index contributed by atoms with van der Waals surface area (Å²) in [5, 5.41) is 8.47. The average Bonchev–Trinajstić information content (AvgIpc) is 3.30. The minimum Gasteiger partial charge on any atom is -0.383 e. The molecule has 35 heavy (non-hydrogen) atoms. The molecule has 176 valence electrons. The van der Waals surface area contributed by atoms with E-state index in [4.69, 9.17) is 10.8 Å². The van der Waals surface area contributed by atoms with Gasteiger partial charge in [0.1, 0.15) is 17.3 Å². The summed E-state index contributed by atoms with van der Waals surface area (Å²) in [6.45, 7) is 4.87. The molecule has 0 radical (unpaired) electrons. The zero-order valence-electron chi connectivity index (χ0n) is 19.1. The van der Waals surface area contributed by atoms with E-state index in [2.05, 4.69) is 21.9 Å². The van der Waals surface area contributed by atoms with Gasteiger partial charge < -0.3 is 16.0 Å². The number of nitrogens with two attached hydrogens (primary N) is 1. The summed E-state index contributed by atoms with van der Waals surface area (Å²) in [4.78, 5) is 35.0. The molecule has 9 nitrogen and oxygen atoms in total. The Labute approximate surface area is 202 Å². The Morgan fingerprint density at radius 3 is 2.66 bits per heavy atom. The number of anilines is 2. The molecule has 1 atom stereocenters. The Morgan fingerprint density at radius 1 is 1.09 bits per heavy atom. The van der Waals surface area contributed by atoms with Crippen molar-refractivity contribution in [2.24, 2.45) is 0 Å². The van der Waals surface area contributed by atoms with Crippen LogP contribution in [0, 0.1) is 0 Å². The van der Waals surface area contributed by atoms with E-state index in [1.807, 2.05) is 28.9 Å². The number of fused-ring (bicyclic) bond motifs is 1. The lowest BCUT2D eigenvalue weighted by molar-refractivity contribution is -0.127. The third kappa shape index (κ3) is 4.35. The zero-order valence-corrected chi connectivity index (χ0v) is 19.1. The number of aromatic nitrogens is 4. The van der Waals surface area contributed by atoms with Crippen LogP contribution in [0.4, 0.5) is 11.6 Å². The minimum absolute atomic E-state index is 0.00845. The van der Waals surface area contributed by atoms with Crippen LogP contribution in [0.2, 0.25) is 0 Å². The molecule has 0 bridgehead atoms. The Hall–Kier alpha value is -4.53. The van der Waals surface area contributed by atoms with Gasteiger partial charge in [-0.2, -0.15) is 5.10 Å². The molecule has 1 fully saturated rings. The molecule has 3 aromatic heterocycles. The van der Waals surface area contributed by atoms with E-state index in [-0.39, 0.29) is 17.9 Å². The van der Waals surface area contributed by atoms with Gasteiger partial charge in [-0.3, -0.25) is 14.3 Å². The van der Waals surface area contributed by atoms with Crippen molar-refractivity contribution in [3.05, 3.63) is 79.1 Å². The van der Waals surface area contributed by atoms with E-state index in [0.717, 1.165) is 29.3 Å².